The molecule has 0 amide bonds. The van der Waals surface area contributed by atoms with Crippen LogP contribution in [-0.2, 0) is 21.6 Å². The number of rotatable bonds is 3. The van der Waals surface area contributed by atoms with Crippen molar-refractivity contribution >= 4 is 15.7 Å². The molecule has 2 aromatic rings. The first kappa shape index (κ1) is 18.3. The quantitative estimate of drug-likeness (QED) is 0.857. The Kier molecular flexibility index (Phi) is 4.68. The van der Waals surface area contributed by atoms with E-state index in [0.717, 1.165) is 29.8 Å². The van der Waals surface area contributed by atoms with Crippen LogP contribution < -0.4 is 4.72 Å². The SMILES string of the molecule is CC(C)(C)c1ccc(NS(=O)(=O)c2ccc(C(F)(F)F)cc2)cc1. The minimum Gasteiger partial charge on any atom is -0.280 e. The molecule has 0 aromatic heterocycles. The van der Waals surface area contributed by atoms with Gasteiger partial charge in [0.25, 0.3) is 10.0 Å². The van der Waals surface area contributed by atoms with E-state index in [1.54, 1.807) is 12.1 Å². The molecule has 0 aliphatic carbocycles. The molecule has 0 unspecified atom stereocenters. The van der Waals surface area contributed by atoms with Crippen LogP contribution in [0.25, 0.3) is 0 Å². The van der Waals surface area contributed by atoms with E-state index in [2.05, 4.69) is 4.72 Å². The van der Waals surface area contributed by atoms with E-state index in [-0.39, 0.29) is 10.3 Å². The second-order valence-electron chi connectivity index (χ2n) is 6.45. The monoisotopic (exact) mass is 357 g/mol. The van der Waals surface area contributed by atoms with Gasteiger partial charge in [-0.15, -0.1) is 0 Å². The molecule has 3 nitrogen and oxygen atoms in total. The average molecular weight is 357 g/mol. The molecule has 0 saturated heterocycles. The standard InChI is InChI=1S/C17H18F3NO2S/c1-16(2,3)12-4-8-14(9-5-12)21-24(22,23)15-10-6-13(7-11-15)17(18,19)20/h4-11,21H,1-3H3. The Morgan fingerprint density at radius 2 is 1.25 bits per heavy atom. The lowest BCUT2D eigenvalue weighted by Gasteiger charge is -2.19. The van der Waals surface area contributed by atoms with Gasteiger partial charge < -0.3 is 0 Å². The summed E-state index contributed by atoms with van der Waals surface area (Å²) in [6, 6.07) is 10.2. The largest absolute Gasteiger partial charge is 0.416 e. The Labute approximate surface area is 139 Å². The normalized spacial score (nSPS) is 12.9. The number of anilines is 1. The van der Waals surface area contributed by atoms with E-state index in [0.29, 0.717) is 5.69 Å². The van der Waals surface area contributed by atoms with E-state index in [4.69, 9.17) is 0 Å². The van der Waals surface area contributed by atoms with Crippen molar-refractivity contribution in [2.24, 2.45) is 0 Å². The first-order chi connectivity index (χ1) is 10.9. The zero-order chi connectivity index (χ0) is 18.2. The van der Waals surface area contributed by atoms with Crippen molar-refractivity contribution < 1.29 is 21.6 Å². The molecule has 7 heteroatoms. The number of alkyl halides is 3. The third kappa shape index (κ3) is 4.29. The van der Waals surface area contributed by atoms with Gasteiger partial charge in [0.05, 0.1) is 10.5 Å². The Hall–Kier alpha value is -2.02. The molecule has 1 N–H and O–H groups in total. The molecule has 0 heterocycles. The minimum absolute atomic E-state index is 0.0647. The third-order valence-corrected chi connectivity index (χ3v) is 4.89. The van der Waals surface area contributed by atoms with Gasteiger partial charge in [0, 0.05) is 5.69 Å². The first-order valence-corrected chi connectivity index (χ1v) is 8.68. The number of hydrogen-bond acceptors (Lipinski definition) is 2. The highest BCUT2D eigenvalue weighted by molar-refractivity contribution is 7.92. The van der Waals surface area contributed by atoms with E-state index in [1.807, 2.05) is 32.9 Å². The Morgan fingerprint density at radius 3 is 1.67 bits per heavy atom. The number of nitrogens with one attached hydrogen (secondary N) is 1. The highest BCUT2D eigenvalue weighted by atomic mass is 32.2. The van der Waals surface area contributed by atoms with Crippen LogP contribution in [0.5, 0.6) is 0 Å². The lowest BCUT2D eigenvalue weighted by molar-refractivity contribution is -0.137. The van der Waals surface area contributed by atoms with Crippen molar-refractivity contribution in [3.63, 3.8) is 0 Å². The second-order valence-corrected chi connectivity index (χ2v) is 8.14. The van der Waals surface area contributed by atoms with Crippen LogP contribution in [0.2, 0.25) is 0 Å². The summed E-state index contributed by atoms with van der Waals surface area (Å²) in [6.07, 6.45) is -4.50. The summed E-state index contributed by atoms with van der Waals surface area (Å²) < 4.78 is 64.5. The van der Waals surface area contributed by atoms with Gasteiger partial charge in [-0.25, -0.2) is 8.42 Å². The van der Waals surface area contributed by atoms with Crippen LogP contribution in [0.15, 0.2) is 53.4 Å². The maximum absolute atomic E-state index is 12.5. The predicted molar refractivity (Wildman–Crippen MR) is 87.4 cm³/mol. The van der Waals surface area contributed by atoms with Crippen molar-refractivity contribution in [2.45, 2.75) is 37.3 Å². The van der Waals surface area contributed by atoms with Crippen LogP contribution in [0.1, 0.15) is 31.9 Å². The Morgan fingerprint density at radius 1 is 0.792 bits per heavy atom. The molecule has 0 aliphatic rings. The first-order valence-electron chi connectivity index (χ1n) is 7.20. The van der Waals surface area contributed by atoms with Gasteiger partial charge >= 0.3 is 6.18 Å². The number of benzene rings is 2. The summed E-state index contributed by atoms with van der Waals surface area (Å²) in [5.41, 5.74) is 0.434. The minimum atomic E-state index is -4.50. The van der Waals surface area contributed by atoms with Crippen molar-refractivity contribution in [2.75, 3.05) is 4.72 Å². The van der Waals surface area contributed by atoms with Gasteiger partial charge in [-0.1, -0.05) is 32.9 Å². The molecule has 0 saturated carbocycles. The molecule has 0 spiro atoms. The number of hydrogen-bond donors (Lipinski definition) is 1. The molecule has 2 aromatic carbocycles. The van der Waals surface area contributed by atoms with Gasteiger partial charge in [0.1, 0.15) is 0 Å². The molecular weight excluding hydrogens is 339 g/mol. The summed E-state index contributed by atoms with van der Waals surface area (Å²) in [7, 11) is -3.94. The van der Waals surface area contributed by atoms with Crippen molar-refractivity contribution in [1.82, 2.24) is 0 Å². The van der Waals surface area contributed by atoms with Gasteiger partial charge in [0.2, 0.25) is 0 Å². The maximum Gasteiger partial charge on any atom is 0.416 e. The molecule has 0 fully saturated rings. The summed E-state index contributed by atoms with van der Waals surface area (Å²) in [5.74, 6) is 0. The third-order valence-electron chi connectivity index (χ3n) is 3.50. The molecular formula is C17H18F3NO2S. The highest BCUT2D eigenvalue weighted by Crippen LogP contribution is 2.30. The van der Waals surface area contributed by atoms with Crippen LogP contribution in [-0.4, -0.2) is 8.42 Å². The molecule has 0 bridgehead atoms. The highest BCUT2D eigenvalue weighted by Gasteiger charge is 2.30. The maximum atomic E-state index is 12.5. The van der Waals surface area contributed by atoms with E-state index in [9.17, 15) is 21.6 Å². The zero-order valence-corrected chi connectivity index (χ0v) is 14.3. The smallest absolute Gasteiger partial charge is 0.280 e. The lowest BCUT2D eigenvalue weighted by atomic mass is 9.87. The van der Waals surface area contributed by atoms with Crippen molar-refractivity contribution in [1.29, 1.82) is 0 Å². The number of halogens is 3. The van der Waals surface area contributed by atoms with Crippen LogP contribution in [0, 0.1) is 0 Å². The molecule has 0 atom stereocenters. The molecule has 2 rings (SSSR count). The van der Waals surface area contributed by atoms with Crippen LogP contribution >= 0.6 is 0 Å². The Bertz CT molecular complexity index is 803. The lowest BCUT2D eigenvalue weighted by Crippen LogP contribution is -2.14. The molecule has 0 radical (unpaired) electrons. The Balaban J connectivity index is 2.22. The summed E-state index contributed by atoms with van der Waals surface area (Å²) in [5, 5.41) is 0. The molecule has 24 heavy (non-hydrogen) atoms. The average Bonchev–Trinajstić information content (AvgIpc) is 2.46. The zero-order valence-electron chi connectivity index (χ0n) is 13.5. The fourth-order valence-corrected chi connectivity index (χ4v) is 3.13. The van der Waals surface area contributed by atoms with Gasteiger partial charge in [0.15, 0.2) is 0 Å². The number of sulfonamides is 1. The van der Waals surface area contributed by atoms with E-state index >= 15 is 0 Å². The van der Waals surface area contributed by atoms with E-state index in [1.165, 1.54) is 0 Å². The summed E-state index contributed by atoms with van der Waals surface area (Å²) in [4.78, 5) is -0.226. The summed E-state index contributed by atoms with van der Waals surface area (Å²) in [6.45, 7) is 6.11. The van der Waals surface area contributed by atoms with E-state index < -0.39 is 21.8 Å². The molecule has 0 aliphatic heterocycles. The van der Waals surface area contributed by atoms with Crippen LogP contribution in [0.3, 0.4) is 0 Å². The van der Waals surface area contributed by atoms with Gasteiger partial charge in [-0.2, -0.15) is 13.2 Å². The van der Waals surface area contributed by atoms with Crippen molar-refractivity contribution in [3.05, 3.63) is 59.7 Å². The molecule has 130 valence electrons. The van der Waals surface area contributed by atoms with Gasteiger partial charge in [-0.3, -0.25) is 4.72 Å². The fraction of sp³-hybridized carbons (Fsp3) is 0.294. The predicted octanol–water partition coefficient (Wildman–Crippen LogP) is 4.80. The second kappa shape index (κ2) is 6.12. The summed E-state index contributed by atoms with van der Waals surface area (Å²) >= 11 is 0. The topological polar surface area (TPSA) is 46.2 Å². The fourth-order valence-electron chi connectivity index (χ4n) is 2.08. The van der Waals surface area contributed by atoms with Crippen LogP contribution in [0.4, 0.5) is 18.9 Å². The van der Waals surface area contributed by atoms with Crippen molar-refractivity contribution in [3.8, 4) is 0 Å². The van der Waals surface area contributed by atoms with Gasteiger partial charge in [-0.05, 0) is 47.4 Å².